The molecule has 4 rings (SSSR count). The number of likely N-dealkylation sites (N-methyl/N-ethyl adjacent to an activating group) is 2. The van der Waals surface area contributed by atoms with Gasteiger partial charge in [-0.2, -0.15) is 0 Å². The molecule has 0 spiro atoms. The molecule has 2 fully saturated rings. The molecular formula is C58H89FN6O11S. The highest BCUT2D eigenvalue weighted by molar-refractivity contribution is 8.00. The summed E-state index contributed by atoms with van der Waals surface area (Å²) in [6, 6.07) is 1.06. The van der Waals surface area contributed by atoms with Crippen LogP contribution in [0.1, 0.15) is 139 Å². The zero-order chi connectivity index (χ0) is 57.5. The first-order valence-electron chi connectivity index (χ1n) is 27.7. The zero-order valence-electron chi connectivity index (χ0n) is 48.0. The van der Waals surface area contributed by atoms with Gasteiger partial charge in [0, 0.05) is 60.7 Å². The Bertz CT molecular complexity index is 2260. The van der Waals surface area contributed by atoms with Crippen LogP contribution in [0.25, 0.3) is 0 Å². The van der Waals surface area contributed by atoms with Crippen molar-refractivity contribution in [2.24, 2.45) is 35.0 Å². The van der Waals surface area contributed by atoms with Crippen molar-refractivity contribution < 1.29 is 57.3 Å². The Morgan fingerprint density at radius 1 is 0.896 bits per heavy atom. The van der Waals surface area contributed by atoms with E-state index in [4.69, 9.17) is 9.47 Å². The molecule has 19 heteroatoms. The van der Waals surface area contributed by atoms with Gasteiger partial charge in [-0.1, -0.05) is 99.1 Å². The zero-order valence-corrected chi connectivity index (χ0v) is 48.8. The number of carbonyl (C=O) groups excluding carboxylic acids is 7. The standard InChI is InChI=1S/C58H89FN6O11S/c1-14-37(6)51(44(75-12)33-47(67)64-30-18-20-43(64)52(76-13)38(7)53(69)60-42(57(73)74)32-39-22-26-41(59)27-23-39)63(11)56(72)49(35(2)3)61-54(70)50(36(4)5)62(10)46(66)21-16-15-17-29-65-48(68)34-45(55(65)71)77-31-19-28-58(8,9)40-24-25-40/h22-23,26-27,35-38,40,42-45,49-52H,14-21,28-34H2,1-13H3,(H,60,69)(H,61,70)(H,73,74)/t37-,38+,42?,43-,44?,45?,49-,50-,51?,52+/m0/s1. The average molecular weight is 1100 g/mol. The Kier molecular flexibility index (Phi) is 24.9. The van der Waals surface area contributed by atoms with Gasteiger partial charge in [-0.3, -0.25) is 38.5 Å². The molecule has 2 aliphatic heterocycles. The largest absolute Gasteiger partial charge is 0.480 e. The highest BCUT2D eigenvalue weighted by atomic mass is 32.2. The van der Waals surface area contributed by atoms with Gasteiger partial charge >= 0.3 is 5.97 Å². The van der Waals surface area contributed by atoms with E-state index in [0.29, 0.717) is 63.1 Å². The first kappa shape index (κ1) is 64.5. The molecule has 0 aromatic heterocycles. The summed E-state index contributed by atoms with van der Waals surface area (Å²) in [6.45, 7) is 18.0. The van der Waals surface area contributed by atoms with Crippen molar-refractivity contribution >= 4 is 59.1 Å². The second-order valence-corrected chi connectivity index (χ2v) is 24.1. The van der Waals surface area contributed by atoms with E-state index in [-0.39, 0.29) is 83.6 Å². The summed E-state index contributed by atoms with van der Waals surface area (Å²) < 4.78 is 25.5. The number of unbranched alkanes of at least 4 members (excludes halogenated alkanes) is 2. The molecule has 3 N–H and O–H groups in total. The maximum absolute atomic E-state index is 14.7. The van der Waals surface area contributed by atoms with Crippen molar-refractivity contribution in [1.29, 1.82) is 0 Å². The normalized spacial score (nSPS) is 19.7. The predicted octanol–water partition coefficient (Wildman–Crippen LogP) is 6.34. The fourth-order valence-corrected chi connectivity index (χ4v) is 12.1. The van der Waals surface area contributed by atoms with Crippen LogP contribution in [-0.4, -0.2) is 167 Å². The number of carboxylic acid groups (broad SMARTS) is 1. The number of hydrogen-bond acceptors (Lipinski definition) is 11. The lowest BCUT2D eigenvalue weighted by Gasteiger charge is -2.41. The van der Waals surface area contributed by atoms with Gasteiger partial charge in [-0.15, -0.1) is 11.8 Å². The smallest absolute Gasteiger partial charge is 0.326 e. The number of nitrogens with zero attached hydrogens (tertiary/aromatic N) is 4. The number of amides is 7. The molecule has 2 heterocycles. The molecule has 4 unspecified atom stereocenters. The number of methoxy groups -OCH3 is 2. The fourth-order valence-electron chi connectivity index (χ4n) is 11.0. The van der Waals surface area contributed by atoms with E-state index in [2.05, 4.69) is 36.3 Å². The maximum atomic E-state index is 14.7. The molecule has 2 saturated heterocycles. The Labute approximate surface area is 461 Å². The van der Waals surface area contributed by atoms with Crippen molar-refractivity contribution in [1.82, 2.24) is 30.2 Å². The van der Waals surface area contributed by atoms with Crippen molar-refractivity contribution in [2.75, 3.05) is 47.2 Å². The maximum Gasteiger partial charge on any atom is 0.326 e. The molecular weight excluding hydrogens is 1010 g/mol. The summed E-state index contributed by atoms with van der Waals surface area (Å²) in [4.78, 5) is 115. The summed E-state index contributed by atoms with van der Waals surface area (Å²) in [5.41, 5.74) is 0.638. The fraction of sp³-hybridized carbons (Fsp3) is 0.724. The molecule has 10 atom stereocenters. The molecule has 77 heavy (non-hydrogen) atoms. The third-order valence-corrected chi connectivity index (χ3v) is 17.3. The van der Waals surface area contributed by atoms with E-state index in [0.717, 1.165) is 18.6 Å². The van der Waals surface area contributed by atoms with Gasteiger partial charge in [0.1, 0.15) is 23.9 Å². The highest BCUT2D eigenvalue weighted by Gasteiger charge is 2.44. The van der Waals surface area contributed by atoms with Crippen LogP contribution < -0.4 is 10.6 Å². The van der Waals surface area contributed by atoms with Gasteiger partial charge in [0.2, 0.25) is 41.4 Å². The van der Waals surface area contributed by atoms with Crippen molar-refractivity contribution in [3.8, 4) is 11.8 Å². The van der Waals surface area contributed by atoms with Gasteiger partial charge in [-0.25, -0.2) is 9.18 Å². The van der Waals surface area contributed by atoms with Crippen molar-refractivity contribution in [3.05, 3.63) is 35.6 Å². The molecule has 0 bridgehead atoms. The van der Waals surface area contributed by atoms with E-state index < -0.39 is 71.9 Å². The van der Waals surface area contributed by atoms with Crippen LogP contribution in [0.2, 0.25) is 0 Å². The van der Waals surface area contributed by atoms with Crippen LogP contribution in [0, 0.1) is 52.7 Å². The third kappa shape index (κ3) is 17.7. The summed E-state index contributed by atoms with van der Waals surface area (Å²) >= 11 is 1.55. The number of benzene rings is 1. The van der Waals surface area contributed by atoms with Crippen LogP contribution in [0.5, 0.6) is 0 Å². The summed E-state index contributed by atoms with van der Waals surface area (Å²) in [5.74, 6) is 1.72. The second kappa shape index (κ2) is 29.8. The summed E-state index contributed by atoms with van der Waals surface area (Å²) in [6.07, 6.45) is 4.02. The first-order chi connectivity index (χ1) is 36.3. The molecule has 0 radical (unpaired) electrons. The van der Waals surface area contributed by atoms with Crippen LogP contribution in [0.4, 0.5) is 4.39 Å². The lowest BCUT2D eigenvalue weighted by atomic mass is 9.81. The van der Waals surface area contributed by atoms with Crippen molar-refractivity contribution in [2.45, 2.75) is 187 Å². The van der Waals surface area contributed by atoms with Gasteiger partial charge in [0.15, 0.2) is 0 Å². The third-order valence-electron chi connectivity index (χ3n) is 16.0. The average Bonchev–Trinajstić information content (AvgIpc) is 4.09. The number of carbonyl (C=O) groups is 8. The minimum atomic E-state index is -1.29. The number of hydrogen-bond donors (Lipinski definition) is 3. The van der Waals surface area contributed by atoms with E-state index in [1.807, 2.05) is 41.5 Å². The summed E-state index contributed by atoms with van der Waals surface area (Å²) in [7, 11) is 6.17. The number of likely N-dealkylation sites (tertiary alicyclic amines) is 2. The monoisotopic (exact) mass is 1100 g/mol. The number of rotatable bonds is 33. The number of halogens is 1. The summed E-state index contributed by atoms with van der Waals surface area (Å²) in [5, 5.41) is 15.2. The van der Waals surface area contributed by atoms with Crippen LogP contribution in [0.15, 0.2) is 24.3 Å². The van der Waals surface area contributed by atoms with Gasteiger partial charge in [-0.05, 0) is 85.1 Å². The quantitative estimate of drug-likeness (QED) is 0.0400. The van der Waals surface area contributed by atoms with E-state index in [9.17, 15) is 47.9 Å². The Hall–Kier alpha value is -5.06. The minimum Gasteiger partial charge on any atom is -0.480 e. The lowest BCUT2D eigenvalue weighted by Crippen LogP contribution is -2.60. The van der Waals surface area contributed by atoms with Crippen LogP contribution in [-0.2, 0) is 54.3 Å². The van der Waals surface area contributed by atoms with E-state index in [1.165, 1.54) is 48.3 Å². The van der Waals surface area contributed by atoms with E-state index in [1.54, 1.807) is 42.6 Å². The number of carboxylic acids is 1. The molecule has 17 nitrogen and oxygen atoms in total. The van der Waals surface area contributed by atoms with Crippen LogP contribution in [0.3, 0.4) is 0 Å². The first-order valence-corrected chi connectivity index (χ1v) is 28.8. The minimum absolute atomic E-state index is 0.0656. The number of thioether (sulfide) groups is 1. The topological polar surface area (TPSA) is 212 Å². The molecule has 1 aliphatic carbocycles. The Morgan fingerprint density at radius 3 is 2.13 bits per heavy atom. The van der Waals surface area contributed by atoms with Gasteiger partial charge in [0.05, 0.1) is 47.8 Å². The van der Waals surface area contributed by atoms with Crippen molar-refractivity contribution in [3.63, 3.8) is 0 Å². The predicted molar refractivity (Wildman–Crippen MR) is 294 cm³/mol. The Morgan fingerprint density at radius 2 is 1.56 bits per heavy atom. The molecule has 7 amide bonds. The number of ether oxygens (including phenoxy) is 2. The molecule has 3 aliphatic rings. The van der Waals surface area contributed by atoms with Gasteiger partial charge < -0.3 is 39.9 Å². The number of aliphatic carboxylic acids is 1. The molecule has 430 valence electrons. The van der Waals surface area contributed by atoms with Gasteiger partial charge in [0.25, 0.3) is 0 Å². The molecule has 0 saturated carbocycles. The van der Waals surface area contributed by atoms with Crippen LogP contribution >= 0.6 is 11.8 Å². The SMILES string of the molecule is CC[C@H](C)C(C(CC(=O)N1CCC[C@H]1[C@H](OC)[C@@H](C)C(=O)NC(Cc1ccc(F)cc1)C(=O)O)OC)N(C)C(=O)[C@@H](NC(=O)[C@H](C(C)C)N(C)C(=O)CCCCCN1C(=O)CC(SCCCC(C)(C)C2C#C2)C1=O)C(C)C. The molecule has 1 aromatic rings. The Balaban J connectivity index is 1.34. The number of imide groups is 1. The van der Waals surface area contributed by atoms with E-state index >= 15 is 0 Å². The highest BCUT2D eigenvalue weighted by Crippen LogP contribution is 2.37. The second-order valence-electron chi connectivity index (χ2n) is 22.8. The molecule has 1 aromatic carbocycles. The lowest BCUT2D eigenvalue weighted by molar-refractivity contribution is -0.149. The number of nitrogens with one attached hydrogen (secondary N) is 2.